The third kappa shape index (κ3) is 2.83. The molecule has 0 aliphatic carbocycles. The molecule has 1 aliphatic rings. The molecule has 3 rings (SSSR count). The van der Waals surface area contributed by atoms with Gasteiger partial charge in [-0.25, -0.2) is 4.39 Å². The lowest BCUT2D eigenvalue weighted by Gasteiger charge is -2.21. The van der Waals surface area contributed by atoms with Crippen LogP contribution in [0.2, 0.25) is 0 Å². The lowest BCUT2D eigenvalue weighted by Crippen LogP contribution is -2.24. The highest BCUT2D eigenvalue weighted by atomic mass is 19.1. The Morgan fingerprint density at radius 2 is 1.92 bits per heavy atom. The maximum Gasteiger partial charge on any atom is 0.295 e. The number of nitrogens with zero attached hydrogens (tertiary/aromatic N) is 1. The highest BCUT2D eigenvalue weighted by Gasteiger charge is 2.44. The number of ether oxygens (including phenoxy) is 1. The van der Waals surface area contributed by atoms with Crippen molar-refractivity contribution in [3.8, 4) is 5.75 Å². The number of aliphatic hydroxyl groups excluding tert-OH is 1. The standard InChI is InChI=1S/C20H18FNO4/c1-11-7-8-15(26-3)14(9-11)18(23)16-17(22(2)20(25)19(16)24)12-5-4-6-13(21)10-12/h4-10,17,23H,1-3H3/b18-16+. The normalized spacial score (nSPS) is 19.1. The fraction of sp³-hybridized carbons (Fsp3) is 0.200. The van der Waals surface area contributed by atoms with Crippen LogP contribution in [0.4, 0.5) is 4.39 Å². The molecule has 0 radical (unpaired) electrons. The first-order chi connectivity index (χ1) is 12.3. The summed E-state index contributed by atoms with van der Waals surface area (Å²) in [5, 5.41) is 10.9. The quantitative estimate of drug-likeness (QED) is 0.522. The molecule has 1 unspecified atom stereocenters. The number of benzene rings is 2. The number of carbonyl (C=O) groups is 2. The number of likely N-dealkylation sites (N-methyl/N-ethyl adjacent to an activating group) is 1. The molecule has 0 spiro atoms. The van der Waals surface area contributed by atoms with Gasteiger partial charge in [-0.3, -0.25) is 9.59 Å². The Kier molecular flexibility index (Phi) is 4.50. The number of methoxy groups -OCH3 is 1. The fourth-order valence-electron chi connectivity index (χ4n) is 3.17. The number of rotatable bonds is 3. The van der Waals surface area contributed by atoms with E-state index < -0.39 is 23.5 Å². The van der Waals surface area contributed by atoms with E-state index in [0.717, 1.165) is 5.56 Å². The van der Waals surface area contributed by atoms with Crippen LogP contribution in [-0.2, 0) is 9.59 Å². The van der Waals surface area contributed by atoms with E-state index in [1.807, 2.05) is 6.92 Å². The predicted molar refractivity (Wildman–Crippen MR) is 94.2 cm³/mol. The topological polar surface area (TPSA) is 66.8 Å². The molecular weight excluding hydrogens is 337 g/mol. The Hall–Kier alpha value is -3.15. The first-order valence-corrected chi connectivity index (χ1v) is 8.00. The van der Waals surface area contributed by atoms with Crippen molar-refractivity contribution in [1.29, 1.82) is 0 Å². The number of aryl methyl sites for hydroxylation is 1. The second-order valence-corrected chi connectivity index (χ2v) is 6.17. The van der Waals surface area contributed by atoms with Crippen molar-refractivity contribution < 1.29 is 23.8 Å². The van der Waals surface area contributed by atoms with Crippen LogP contribution >= 0.6 is 0 Å². The molecule has 1 fully saturated rings. The van der Waals surface area contributed by atoms with E-state index in [1.54, 1.807) is 24.3 Å². The van der Waals surface area contributed by atoms with Gasteiger partial charge < -0.3 is 14.7 Å². The van der Waals surface area contributed by atoms with Gasteiger partial charge in [0.2, 0.25) is 0 Å². The largest absolute Gasteiger partial charge is 0.507 e. The first-order valence-electron chi connectivity index (χ1n) is 8.00. The SMILES string of the molecule is COc1ccc(C)cc1/C(O)=C1\C(=O)C(=O)N(C)C1c1cccc(F)c1. The highest BCUT2D eigenvalue weighted by Crippen LogP contribution is 2.40. The van der Waals surface area contributed by atoms with Crippen molar-refractivity contribution in [3.05, 3.63) is 70.5 Å². The average Bonchev–Trinajstić information content (AvgIpc) is 2.85. The van der Waals surface area contributed by atoms with Gasteiger partial charge in [0.25, 0.3) is 11.7 Å². The molecule has 1 aliphatic heterocycles. The van der Waals surface area contributed by atoms with Gasteiger partial charge in [-0.1, -0.05) is 23.8 Å². The molecule has 1 saturated heterocycles. The number of likely N-dealkylation sites (tertiary alicyclic amines) is 1. The third-order valence-electron chi connectivity index (χ3n) is 4.45. The zero-order valence-electron chi connectivity index (χ0n) is 14.6. The lowest BCUT2D eigenvalue weighted by molar-refractivity contribution is -0.139. The number of ketones is 1. The van der Waals surface area contributed by atoms with Gasteiger partial charge in [0.05, 0.1) is 24.3 Å². The monoisotopic (exact) mass is 355 g/mol. The van der Waals surface area contributed by atoms with Crippen LogP contribution in [-0.4, -0.2) is 35.9 Å². The van der Waals surface area contributed by atoms with E-state index in [4.69, 9.17) is 4.74 Å². The second-order valence-electron chi connectivity index (χ2n) is 6.17. The molecule has 1 atom stereocenters. The van der Waals surface area contributed by atoms with Gasteiger partial charge >= 0.3 is 0 Å². The van der Waals surface area contributed by atoms with Crippen molar-refractivity contribution in [2.24, 2.45) is 0 Å². The van der Waals surface area contributed by atoms with Gasteiger partial charge in [0, 0.05) is 7.05 Å². The van der Waals surface area contributed by atoms with Gasteiger partial charge in [-0.2, -0.15) is 0 Å². The van der Waals surface area contributed by atoms with Crippen LogP contribution in [0.3, 0.4) is 0 Å². The molecule has 1 amide bonds. The first kappa shape index (κ1) is 17.7. The van der Waals surface area contributed by atoms with Gasteiger partial charge in [0.1, 0.15) is 17.3 Å². The zero-order chi connectivity index (χ0) is 19.0. The molecule has 1 heterocycles. The number of hydrogen-bond acceptors (Lipinski definition) is 4. The summed E-state index contributed by atoms with van der Waals surface area (Å²) in [6.45, 7) is 1.83. The maximum atomic E-state index is 13.7. The van der Waals surface area contributed by atoms with E-state index in [2.05, 4.69) is 0 Å². The fourth-order valence-corrected chi connectivity index (χ4v) is 3.17. The van der Waals surface area contributed by atoms with Crippen molar-refractivity contribution in [2.75, 3.05) is 14.2 Å². The van der Waals surface area contributed by atoms with E-state index in [0.29, 0.717) is 16.9 Å². The van der Waals surface area contributed by atoms with Crippen molar-refractivity contribution in [1.82, 2.24) is 4.90 Å². The summed E-state index contributed by atoms with van der Waals surface area (Å²) in [6.07, 6.45) is 0. The number of hydrogen-bond donors (Lipinski definition) is 1. The molecule has 26 heavy (non-hydrogen) atoms. The summed E-state index contributed by atoms with van der Waals surface area (Å²) in [7, 11) is 2.90. The number of amides is 1. The minimum atomic E-state index is -0.879. The molecule has 2 aromatic carbocycles. The second kappa shape index (κ2) is 6.63. The molecule has 5 nitrogen and oxygen atoms in total. The Balaban J connectivity index is 2.25. The summed E-state index contributed by atoms with van der Waals surface area (Å²) in [5.74, 6) is -2.04. The van der Waals surface area contributed by atoms with Gasteiger partial charge in [-0.05, 0) is 36.8 Å². The Bertz CT molecular complexity index is 935. The van der Waals surface area contributed by atoms with Crippen molar-refractivity contribution >= 4 is 17.4 Å². The summed E-state index contributed by atoms with van der Waals surface area (Å²) < 4.78 is 18.9. The Morgan fingerprint density at radius 1 is 1.19 bits per heavy atom. The molecule has 0 bridgehead atoms. The van der Waals surface area contributed by atoms with E-state index >= 15 is 0 Å². The van der Waals surface area contributed by atoms with Crippen molar-refractivity contribution in [2.45, 2.75) is 13.0 Å². The average molecular weight is 355 g/mol. The van der Waals surface area contributed by atoms with Crippen LogP contribution in [0.25, 0.3) is 5.76 Å². The lowest BCUT2D eigenvalue weighted by atomic mass is 9.94. The van der Waals surface area contributed by atoms with E-state index in [-0.39, 0.29) is 11.3 Å². The molecule has 1 N–H and O–H groups in total. The van der Waals surface area contributed by atoms with Crippen LogP contribution in [0.1, 0.15) is 22.7 Å². The number of carbonyl (C=O) groups excluding carboxylic acids is 2. The maximum absolute atomic E-state index is 13.7. The van der Waals surface area contributed by atoms with E-state index in [9.17, 15) is 19.1 Å². The summed E-state index contributed by atoms with van der Waals surface area (Å²) in [6, 6.07) is 9.88. The van der Waals surface area contributed by atoms with Crippen LogP contribution in [0, 0.1) is 12.7 Å². The van der Waals surface area contributed by atoms with Gasteiger partial charge in [0.15, 0.2) is 0 Å². The van der Waals surface area contributed by atoms with Crippen LogP contribution in [0.5, 0.6) is 5.75 Å². The van der Waals surface area contributed by atoms with E-state index in [1.165, 1.54) is 37.3 Å². The Morgan fingerprint density at radius 3 is 2.58 bits per heavy atom. The summed E-state index contributed by atoms with van der Waals surface area (Å²) >= 11 is 0. The molecule has 6 heteroatoms. The third-order valence-corrected chi connectivity index (χ3v) is 4.45. The number of halogens is 1. The molecular formula is C20H18FNO4. The number of Topliss-reactive ketones (excluding diaryl/α,β-unsaturated/α-hetero) is 1. The molecule has 134 valence electrons. The van der Waals surface area contributed by atoms with Gasteiger partial charge in [-0.15, -0.1) is 0 Å². The zero-order valence-corrected chi connectivity index (χ0v) is 14.6. The van der Waals surface area contributed by atoms with Crippen LogP contribution in [0.15, 0.2) is 48.0 Å². The summed E-state index contributed by atoms with van der Waals surface area (Å²) in [4.78, 5) is 26.0. The van der Waals surface area contributed by atoms with Crippen molar-refractivity contribution in [3.63, 3.8) is 0 Å². The minimum absolute atomic E-state index is 0.0907. The highest BCUT2D eigenvalue weighted by molar-refractivity contribution is 6.46. The molecule has 2 aromatic rings. The minimum Gasteiger partial charge on any atom is -0.507 e. The molecule has 0 saturated carbocycles. The Labute approximate surface area is 150 Å². The number of aliphatic hydroxyl groups is 1. The van der Waals surface area contributed by atoms with Crippen LogP contribution < -0.4 is 4.74 Å². The smallest absolute Gasteiger partial charge is 0.295 e. The summed E-state index contributed by atoms with van der Waals surface area (Å²) in [5.41, 5.74) is 1.47. The predicted octanol–water partition coefficient (Wildman–Crippen LogP) is 3.19. The molecule has 0 aromatic heterocycles.